The summed E-state index contributed by atoms with van der Waals surface area (Å²) in [6.45, 7) is 2.92. The van der Waals surface area contributed by atoms with Crippen molar-refractivity contribution < 1.29 is 23.9 Å². The average Bonchev–Trinajstić information content (AvgIpc) is 2.72. The number of benzene rings is 2. The van der Waals surface area contributed by atoms with Gasteiger partial charge in [-0.1, -0.05) is 12.1 Å². The van der Waals surface area contributed by atoms with E-state index in [4.69, 9.17) is 4.74 Å². The van der Waals surface area contributed by atoms with Crippen molar-refractivity contribution in [1.82, 2.24) is 0 Å². The molecule has 0 aliphatic carbocycles. The number of rotatable bonds is 9. The molecule has 152 valence electrons. The van der Waals surface area contributed by atoms with Gasteiger partial charge in [-0.25, -0.2) is 0 Å². The molecule has 2 aromatic carbocycles. The number of carbonyl (C=O) groups is 4. The Bertz CT molecular complexity index is 890. The molecule has 0 saturated carbocycles. The van der Waals surface area contributed by atoms with Gasteiger partial charge < -0.3 is 10.1 Å². The fourth-order valence-corrected chi connectivity index (χ4v) is 2.89. The summed E-state index contributed by atoms with van der Waals surface area (Å²) in [6, 6.07) is 13.6. The molecule has 0 heterocycles. The number of Topliss-reactive ketones (excluding diaryl/α,β-unsaturated/α-hetero) is 2. The summed E-state index contributed by atoms with van der Waals surface area (Å²) in [7, 11) is 0. The average molecular weight is 413 g/mol. The lowest BCUT2D eigenvalue weighted by Gasteiger charge is -2.13. The highest BCUT2D eigenvalue weighted by molar-refractivity contribution is 7.98. The summed E-state index contributed by atoms with van der Waals surface area (Å²) in [4.78, 5) is 48.6. The molecule has 2 rings (SSSR count). The topological polar surface area (TPSA) is 89.5 Å². The van der Waals surface area contributed by atoms with Crippen molar-refractivity contribution >= 4 is 40.9 Å². The van der Waals surface area contributed by atoms with Crippen molar-refractivity contribution in [3.05, 3.63) is 59.7 Å². The molecular weight excluding hydrogens is 390 g/mol. The molecular formula is C22H23NO5S. The third-order valence-corrected chi connectivity index (χ3v) is 4.95. The third kappa shape index (κ3) is 6.87. The molecule has 0 fully saturated rings. The third-order valence-electron chi connectivity index (χ3n) is 4.20. The highest BCUT2D eigenvalue weighted by atomic mass is 32.2. The standard InChI is InChI=1S/C22H23NO5S/c1-14(24)16-4-8-18(9-5-16)23-22(27)15(2)28-21(26)13-12-20(25)17-6-10-19(29-3)11-7-17/h4-11,15H,12-13H2,1-3H3,(H,23,27)/t15-/m0/s1. The summed E-state index contributed by atoms with van der Waals surface area (Å²) < 4.78 is 5.11. The van der Waals surface area contributed by atoms with E-state index in [2.05, 4.69) is 5.32 Å². The van der Waals surface area contributed by atoms with E-state index in [1.807, 2.05) is 18.4 Å². The SMILES string of the molecule is CSc1ccc(C(=O)CCC(=O)O[C@@H](C)C(=O)Nc2ccc(C(C)=O)cc2)cc1. The Hall–Kier alpha value is -2.93. The zero-order chi connectivity index (χ0) is 21.4. The largest absolute Gasteiger partial charge is 0.453 e. The number of esters is 1. The summed E-state index contributed by atoms with van der Waals surface area (Å²) >= 11 is 1.58. The number of amides is 1. The van der Waals surface area contributed by atoms with Crippen molar-refractivity contribution in [3.8, 4) is 0 Å². The number of ketones is 2. The quantitative estimate of drug-likeness (QED) is 0.377. The Morgan fingerprint density at radius 2 is 1.52 bits per heavy atom. The maximum atomic E-state index is 12.2. The van der Waals surface area contributed by atoms with E-state index in [0.29, 0.717) is 16.8 Å². The maximum Gasteiger partial charge on any atom is 0.307 e. The molecule has 6 nitrogen and oxygen atoms in total. The van der Waals surface area contributed by atoms with Gasteiger partial charge in [0.1, 0.15) is 0 Å². The van der Waals surface area contributed by atoms with Gasteiger partial charge in [0.2, 0.25) is 0 Å². The van der Waals surface area contributed by atoms with E-state index < -0.39 is 18.0 Å². The molecule has 0 unspecified atom stereocenters. The molecule has 0 aliphatic heterocycles. The summed E-state index contributed by atoms with van der Waals surface area (Å²) in [5, 5.41) is 2.62. The highest BCUT2D eigenvalue weighted by Crippen LogP contribution is 2.16. The monoisotopic (exact) mass is 413 g/mol. The zero-order valence-corrected chi connectivity index (χ0v) is 17.4. The lowest BCUT2D eigenvalue weighted by Crippen LogP contribution is -2.30. The van der Waals surface area contributed by atoms with Crippen LogP contribution in [0.2, 0.25) is 0 Å². The van der Waals surface area contributed by atoms with Crippen LogP contribution in [-0.4, -0.2) is 35.8 Å². The molecule has 0 radical (unpaired) electrons. The predicted octanol–water partition coefficient (Wildman–Crippen LogP) is 4.14. The van der Waals surface area contributed by atoms with Gasteiger partial charge in [-0.3, -0.25) is 19.2 Å². The molecule has 0 spiro atoms. The van der Waals surface area contributed by atoms with Gasteiger partial charge >= 0.3 is 5.97 Å². The van der Waals surface area contributed by atoms with Crippen LogP contribution in [0.15, 0.2) is 53.4 Å². The van der Waals surface area contributed by atoms with Crippen LogP contribution >= 0.6 is 11.8 Å². The van der Waals surface area contributed by atoms with Crippen molar-refractivity contribution in [2.24, 2.45) is 0 Å². The minimum Gasteiger partial charge on any atom is -0.453 e. The van der Waals surface area contributed by atoms with Crippen LogP contribution < -0.4 is 5.32 Å². The van der Waals surface area contributed by atoms with Crippen LogP contribution in [0.5, 0.6) is 0 Å². The molecule has 0 bridgehead atoms. The van der Waals surface area contributed by atoms with E-state index in [0.717, 1.165) is 4.90 Å². The second kappa shape index (κ2) is 10.6. The molecule has 2 aromatic rings. The van der Waals surface area contributed by atoms with Crippen LogP contribution in [0.25, 0.3) is 0 Å². The first-order chi connectivity index (χ1) is 13.8. The van der Waals surface area contributed by atoms with Crippen molar-refractivity contribution in [2.75, 3.05) is 11.6 Å². The predicted molar refractivity (Wildman–Crippen MR) is 112 cm³/mol. The number of thioether (sulfide) groups is 1. The van der Waals surface area contributed by atoms with E-state index in [-0.39, 0.29) is 24.4 Å². The van der Waals surface area contributed by atoms with Crippen molar-refractivity contribution in [2.45, 2.75) is 37.7 Å². The van der Waals surface area contributed by atoms with E-state index >= 15 is 0 Å². The van der Waals surface area contributed by atoms with Crippen LogP contribution in [-0.2, 0) is 14.3 Å². The van der Waals surface area contributed by atoms with Gasteiger partial charge in [-0.15, -0.1) is 11.8 Å². The van der Waals surface area contributed by atoms with Crippen LogP contribution in [0, 0.1) is 0 Å². The Morgan fingerprint density at radius 3 is 2.07 bits per heavy atom. The second-order valence-corrected chi connectivity index (χ2v) is 7.29. The fraction of sp³-hybridized carbons (Fsp3) is 0.273. The fourth-order valence-electron chi connectivity index (χ4n) is 2.48. The molecule has 0 aliphatic rings. The first-order valence-electron chi connectivity index (χ1n) is 9.08. The summed E-state index contributed by atoms with van der Waals surface area (Å²) in [5.74, 6) is -1.33. The van der Waals surface area contributed by atoms with Gasteiger partial charge in [0.05, 0.1) is 6.42 Å². The van der Waals surface area contributed by atoms with E-state index in [1.165, 1.54) is 13.8 Å². The van der Waals surface area contributed by atoms with E-state index in [1.54, 1.807) is 48.2 Å². The van der Waals surface area contributed by atoms with Gasteiger partial charge in [-0.2, -0.15) is 0 Å². The lowest BCUT2D eigenvalue weighted by molar-refractivity contribution is -0.153. The molecule has 0 saturated heterocycles. The van der Waals surface area contributed by atoms with Crippen LogP contribution in [0.4, 0.5) is 5.69 Å². The highest BCUT2D eigenvalue weighted by Gasteiger charge is 2.19. The van der Waals surface area contributed by atoms with Gasteiger partial charge in [0, 0.05) is 28.1 Å². The number of hydrogen-bond acceptors (Lipinski definition) is 6. The molecule has 29 heavy (non-hydrogen) atoms. The Morgan fingerprint density at radius 1 is 0.931 bits per heavy atom. The minimum atomic E-state index is -1.01. The van der Waals surface area contributed by atoms with E-state index in [9.17, 15) is 19.2 Å². The summed E-state index contributed by atoms with van der Waals surface area (Å²) in [6.07, 6.45) is 0.850. The Balaban J connectivity index is 1.80. The second-order valence-electron chi connectivity index (χ2n) is 6.41. The van der Waals surface area contributed by atoms with Gasteiger partial charge in [-0.05, 0) is 56.5 Å². The normalized spacial score (nSPS) is 11.4. The van der Waals surface area contributed by atoms with Gasteiger partial charge in [0.15, 0.2) is 17.7 Å². The zero-order valence-electron chi connectivity index (χ0n) is 16.6. The molecule has 7 heteroatoms. The lowest BCUT2D eigenvalue weighted by atomic mass is 10.1. The van der Waals surface area contributed by atoms with Crippen molar-refractivity contribution in [1.29, 1.82) is 0 Å². The van der Waals surface area contributed by atoms with Crippen LogP contribution in [0.1, 0.15) is 47.4 Å². The smallest absolute Gasteiger partial charge is 0.307 e. The van der Waals surface area contributed by atoms with Crippen molar-refractivity contribution in [3.63, 3.8) is 0 Å². The molecule has 1 amide bonds. The number of ether oxygens (including phenoxy) is 1. The Labute approximate surface area is 174 Å². The molecule has 1 N–H and O–H groups in total. The number of carbonyl (C=O) groups excluding carboxylic acids is 4. The molecule has 1 atom stereocenters. The van der Waals surface area contributed by atoms with Gasteiger partial charge in [0.25, 0.3) is 5.91 Å². The first-order valence-corrected chi connectivity index (χ1v) is 10.3. The first kappa shape index (κ1) is 22.4. The minimum absolute atomic E-state index is 0.0122. The summed E-state index contributed by atoms with van der Waals surface area (Å²) in [5.41, 5.74) is 1.57. The van der Waals surface area contributed by atoms with Crippen LogP contribution in [0.3, 0.4) is 0 Å². The number of anilines is 1. The number of nitrogens with one attached hydrogen (secondary N) is 1. The number of hydrogen-bond donors (Lipinski definition) is 1. The molecule has 0 aromatic heterocycles. The Kier molecular flexibility index (Phi) is 8.15. The maximum absolute atomic E-state index is 12.2.